The van der Waals surface area contributed by atoms with Gasteiger partial charge < -0.3 is 4.90 Å². The lowest BCUT2D eigenvalue weighted by molar-refractivity contribution is -0.136. The molecule has 7 heteroatoms. The molecule has 1 aromatic heterocycles. The molecule has 1 amide bonds. The average Bonchev–Trinajstić information content (AvgIpc) is 2.62. The Labute approximate surface area is 85.9 Å². The third-order valence-electron chi connectivity index (χ3n) is 2.29. The maximum atomic E-state index is 11.6. The molecule has 1 saturated heterocycles. The van der Waals surface area contributed by atoms with Crippen molar-refractivity contribution in [3.05, 3.63) is 28.9 Å². The minimum absolute atomic E-state index is 0.00286. The van der Waals surface area contributed by atoms with E-state index < -0.39 is 0 Å². The van der Waals surface area contributed by atoms with Gasteiger partial charge in [-0.1, -0.05) is 5.11 Å². The first-order valence-electron chi connectivity index (χ1n) is 4.59. The van der Waals surface area contributed by atoms with E-state index in [1.54, 1.807) is 28.0 Å². The number of hydrogen-bond acceptors (Lipinski definition) is 3. The lowest BCUT2D eigenvalue weighted by atomic mass is 10.1. The summed E-state index contributed by atoms with van der Waals surface area (Å²) in [5.74, 6) is 0.00286. The van der Waals surface area contributed by atoms with Crippen molar-refractivity contribution in [3.63, 3.8) is 0 Å². The lowest BCUT2D eigenvalue weighted by Crippen LogP contribution is -2.53. The molecule has 0 bridgehead atoms. The number of aromatic nitrogens is 2. The van der Waals surface area contributed by atoms with Gasteiger partial charge in [0.2, 0.25) is 5.91 Å². The lowest BCUT2D eigenvalue weighted by Gasteiger charge is -2.36. The normalized spacial score (nSPS) is 15.6. The predicted octanol–water partition coefficient (Wildman–Crippen LogP) is 0.404. The SMILES string of the molecule is [N-]=[N+]=NC1CN(C(=O)Cn2cccn2)C1. The van der Waals surface area contributed by atoms with E-state index in [0.29, 0.717) is 13.1 Å². The second-order valence-corrected chi connectivity index (χ2v) is 3.36. The molecule has 0 spiro atoms. The van der Waals surface area contributed by atoms with Crippen molar-refractivity contribution in [1.29, 1.82) is 0 Å². The Morgan fingerprint density at radius 1 is 1.67 bits per heavy atom. The van der Waals surface area contributed by atoms with E-state index in [4.69, 9.17) is 5.53 Å². The topological polar surface area (TPSA) is 86.9 Å². The van der Waals surface area contributed by atoms with Crippen LogP contribution in [0.1, 0.15) is 0 Å². The van der Waals surface area contributed by atoms with Gasteiger partial charge in [-0.15, -0.1) is 0 Å². The number of amides is 1. The number of azide groups is 1. The quantitative estimate of drug-likeness (QED) is 0.407. The van der Waals surface area contributed by atoms with Crippen molar-refractivity contribution < 1.29 is 4.79 Å². The molecule has 7 nitrogen and oxygen atoms in total. The monoisotopic (exact) mass is 206 g/mol. The molecule has 0 N–H and O–H groups in total. The highest BCUT2D eigenvalue weighted by atomic mass is 16.2. The van der Waals surface area contributed by atoms with Crippen LogP contribution in [-0.2, 0) is 11.3 Å². The highest BCUT2D eigenvalue weighted by Crippen LogP contribution is 2.12. The zero-order valence-electron chi connectivity index (χ0n) is 8.02. The van der Waals surface area contributed by atoms with Crippen LogP contribution in [0.2, 0.25) is 0 Å². The number of rotatable bonds is 3. The largest absolute Gasteiger partial charge is 0.340 e. The van der Waals surface area contributed by atoms with Gasteiger partial charge in [0.25, 0.3) is 0 Å². The molecular weight excluding hydrogens is 196 g/mol. The first-order chi connectivity index (χ1) is 7.29. The van der Waals surface area contributed by atoms with Crippen molar-refractivity contribution >= 4 is 5.91 Å². The number of hydrogen-bond donors (Lipinski definition) is 0. The van der Waals surface area contributed by atoms with E-state index in [1.807, 2.05) is 0 Å². The molecular formula is C8H10N6O. The molecule has 0 unspecified atom stereocenters. The van der Waals surface area contributed by atoms with Crippen LogP contribution in [0.4, 0.5) is 0 Å². The first-order valence-corrected chi connectivity index (χ1v) is 4.59. The highest BCUT2D eigenvalue weighted by molar-refractivity contribution is 5.76. The van der Waals surface area contributed by atoms with Crippen molar-refractivity contribution in [2.24, 2.45) is 5.11 Å². The summed E-state index contributed by atoms with van der Waals surface area (Å²) in [7, 11) is 0. The molecule has 2 rings (SSSR count). The highest BCUT2D eigenvalue weighted by Gasteiger charge is 2.29. The fourth-order valence-corrected chi connectivity index (χ4v) is 1.44. The van der Waals surface area contributed by atoms with E-state index in [1.165, 1.54) is 0 Å². The Hall–Kier alpha value is -2.01. The summed E-state index contributed by atoms with van der Waals surface area (Å²) in [6, 6.07) is 1.71. The van der Waals surface area contributed by atoms with Gasteiger partial charge in [-0.2, -0.15) is 5.10 Å². The number of carbonyl (C=O) groups is 1. The molecule has 0 aromatic carbocycles. The van der Waals surface area contributed by atoms with Crippen LogP contribution < -0.4 is 0 Å². The van der Waals surface area contributed by atoms with Crippen LogP contribution in [-0.4, -0.2) is 39.7 Å². The summed E-state index contributed by atoms with van der Waals surface area (Å²) in [5, 5.41) is 7.46. The summed E-state index contributed by atoms with van der Waals surface area (Å²) in [5.41, 5.74) is 8.17. The van der Waals surface area contributed by atoms with Gasteiger partial charge in [0, 0.05) is 30.4 Å². The van der Waals surface area contributed by atoms with Crippen molar-refractivity contribution in [2.45, 2.75) is 12.6 Å². The van der Waals surface area contributed by atoms with E-state index >= 15 is 0 Å². The van der Waals surface area contributed by atoms with Gasteiger partial charge in [-0.3, -0.25) is 9.48 Å². The summed E-state index contributed by atoms with van der Waals surface area (Å²) >= 11 is 0. The zero-order valence-corrected chi connectivity index (χ0v) is 8.02. The Morgan fingerprint density at radius 2 is 2.47 bits per heavy atom. The Kier molecular flexibility index (Phi) is 2.55. The second-order valence-electron chi connectivity index (χ2n) is 3.36. The third kappa shape index (κ3) is 2.08. The van der Waals surface area contributed by atoms with Crippen molar-refractivity contribution in [2.75, 3.05) is 13.1 Å². The van der Waals surface area contributed by atoms with Gasteiger partial charge in [-0.25, -0.2) is 0 Å². The third-order valence-corrected chi connectivity index (χ3v) is 2.29. The van der Waals surface area contributed by atoms with Gasteiger partial charge in [0.15, 0.2) is 0 Å². The van der Waals surface area contributed by atoms with Crippen LogP contribution in [0.5, 0.6) is 0 Å². The van der Waals surface area contributed by atoms with Crippen LogP contribution in [0.15, 0.2) is 23.6 Å². The second kappa shape index (κ2) is 4.02. The van der Waals surface area contributed by atoms with Gasteiger partial charge in [0.1, 0.15) is 6.54 Å². The fraction of sp³-hybridized carbons (Fsp3) is 0.500. The smallest absolute Gasteiger partial charge is 0.244 e. The minimum atomic E-state index is -0.0587. The average molecular weight is 206 g/mol. The van der Waals surface area contributed by atoms with E-state index in [0.717, 1.165) is 0 Å². The van der Waals surface area contributed by atoms with Crippen molar-refractivity contribution in [3.8, 4) is 0 Å². The van der Waals surface area contributed by atoms with Crippen LogP contribution in [0, 0.1) is 0 Å². The minimum Gasteiger partial charge on any atom is -0.340 e. The van der Waals surface area contributed by atoms with E-state index in [9.17, 15) is 4.79 Å². The summed E-state index contributed by atoms with van der Waals surface area (Å²) < 4.78 is 1.57. The van der Waals surface area contributed by atoms with Gasteiger partial charge >= 0.3 is 0 Å². The van der Waals surface area contributed by atoms with Crippen molar-refractivity contribution in [1.82, 2.24) is 14.7 Å². The Balaban J connectivity index is 1.82. The number of carbonyl (C=O) groups excluding carboxylic acids is 1. The van der Waals surface area contributed by atoms with E-state index in [-0.39, 0.29) is 18.5 Å². The van der Waals surface area contributed by atoms with Gasteiger partial charge in [0.05, 0.1) is 6.04 Å². The summed E-state index contributed by atoms with van der Waals surface area (Å²) in [6.45, 7) is 1.28. The molecule has 1 aliphatic heterocycles. The molecule has 0 saturated carbocycles. The molecule has 1 aliphatic rings. The molecule has 15 heavy (non-hydrogen) atoms. The molecule has 2 heterocycles. The molecule has 78 valence electrons. The predicted molar refractivity (Wildman–Crippen MR) is 51.7 cm³/mol. The fourth-order valence-electron chi connectivity index (χ4n) is 1.44. The molecule has 1 aromatic rings. The standard InChI is InChI=1S/C8H10N6O/c9-12-11-7-4-13(5-7)8(15)6-14-3-1-2-10-14/h1-3,7H,4-6H2. The van der Waals surface area contributed by atoms with E-state index in [2.05, 4.69) is 15.1 Å². The van der Waals surface area contributed by atoms with Crippen LogP contribution in [0.25, 0.3) is 10.4 Å². The molecule has 0 atom stereocenters. The van der Waals surface area contributed by atoms with Crippen LogP contribution in [0.3, 0.4) is 0 Å². The molecule has 1 fully saturated rings. The first kappa shape index (κ1) is 9.54. The number of likely N-dealkylation sites (tertiary alicyclic amines) is 1. The summed E-state index contributed by atoms with van der Waals surface area (Å²) in [6.07, 6.45) is 3.37. The number of nitrogens with zero attached hydrogens (tertiary/aromatic N) is 6. The van der Waals surface area contributed by atoms with Gasteiger partial charge in [-0.05, 0) is 11.6 Å². The Bertz CT molecular complexity index is 387. The maximum Gasteiger partial charge on any atom is 0.244 e. The zero-order chi connectivity index (χ0) is 10.7. The summed E-state index contributed by atoms with van der Waals surface area (Å²) in [4.78, 5) is 15.9. The molecule has 0 aliphatic carbocycles. The van der Waals surface area contributed by atoms with Crippen LogP contribution >= 0.6 is 0 Å². The maximum absolute atomic E-state index is 11.6. The molecule has 0 radical (unpaired) electrons. The Morgan fingerprint density at radius 3 is 3.07 bits per heavy atom.